The van der Waals surface area contributed by atoms with Gasteiger partial charge in [-0.05, 0) is 44.0 Å². The SMILES string of the molecule is Nn1c(SCC(=O)Nc2c(Br)cc(Br)cc2Br)nnc1-c1ccccc1. The smallest absolute Gasteiger partial charge is 0.234 e. The van der Waals surface area contributed by atoms with Crippen molar-refractivity contribution in [3.63, 3.8) is 0 Å². The van der Waals surface area contributed by atoms with E-state index in [-0.39, 0.29) is 11.7 Å². The molecule has 3 aromatic rings. The lowest BCUT2D eigenvalue weighted by Gasteiger charge is -2.10. The number of halogens is 3. The quantitative estimate of drug-likeness (QED) is 0.349. The number of carbonyl (C=O) groups is 1. The summed E-state index contributed by atoms with van der Waals surface area (Å²) in [5, 5.41) is 11.5. The molecule has 0 fully saturated rings. The van der Waals surface area contributed by atoms with Gasteiger partial charge in [-0.2, -0.15) is 0 Å². The van der Waals surface area contributed by atoms with E-state index in [2.05, 4.69) is 63.3 Å². The van der Waals surface area contributed by atoms with Crippen molar-refractivity contribution in [1.82, 2.24) is 14.9 Å². The minimum Gasteiger partial charge on any atom is -0.335 e. The van der Waals surface area contributed by atoms with Crippen molar-refractivity contribution in [2.45, 2.75) is 5.16 Å². The van der Waals surface area contributed by atoms with Crippen LogP contribution in [-0.2, 0) is 4.79 Å². The Hall–Kier alpha value is -1.36. The van der Waals surface area contributed by atoms with Gasteiger partial charge in [0.1, 0.15) is 0 Å². The second-order valence-corrected chi connectivity index (χ2v) is 8.69. The highest BCUT2D eigenvalue weighted by molar-refractivity contribution is 9.11. The summed E-state index contributed by atoms with van der Waals surface area (Å²) < 4.78 is 3.82. The van der Waals surface area contributed by atoms with E-state index in [9.17, 15) is 4.79 Å². The van der Waals surface area contributed by atoms with Gasteiger partial charge in [-0.1, -0.05) is 58.0 Å². The molecule has 26 heavy (non-hydrogen) atoms. The Bertz CT molecular complexity index is 925. The summed E-state index contributed by atoms with van der Waals surface area (Å²) in [4.78, 5) is 12.3. The first-order valence-electron chi connectivity index (χ1n) is 7.29. The van der Waals surface area contributed by atoms with Crippen molar-refractivity contribution in [3.8, 4) is 11.4 Å². The molecule has 0 aliphatic heterocycles. The summed E-state index contributed by atoms with van der Waals surface area (Å²) in [6, 6.07) is 13.2. The number of hydrogen-bond acceptors (Lipinski definition) is 5. The number of aromatic nitrogens is 3. The first-order valence-corrected chi connectivity index (χ1v) is 10.7. The van der Waals surface area contributed by atoms with E-state index in [1.807, 2.05) is 42.5 Å². The van der Waals surface area contributed by atoms with Gasteiger partial charge in [0.05, 0.1) is 11.4 Å². The number of amides is 1. The van der Waals surface area contributed by atoms with Gasteiger partial charge in [0.2, 0.25) is 11.1 Å². The molecule has 0 radical (unpaired) electrons. The number of nitrogens with zero attached hydrogens (tertiary/aromatic N) is 3. The summed E-state index contributed by atoms with van der Waals surface area (Å²) in [5.41, 5.74) is 1.53. The van der Waals surface area contributed by atoms with Crippen LogP contribution in [0.25, 0.3) is 11.4 Å². The van der Waals surface area contributed by atoms with Crippen LogP contribution in [0.15, 0.2) is 61.0 Å². The molecule has 134 valence electrons. The second kappa shape index (κ2) is 8.55. The molecule has 1 aromatic heterocycles. The van der Waals surface area contributed by atoms with E-state index in [1.165, 1.54) is 16.4 Å². The molecular weight excluding hydrogens is 550 g/mol. The Labute approximate surface area is 179 Å². The third-order valence-electron chi connectivity index (χ3n) is 3.30. The molecule has 0 aliphatic carbocycles. The van der Waals surface area contributed by atoms with Crippen molar-refractivity contribution < 1.29 is 4.79 Å². The van der Waals surface area contributed by atoms with Gasteiger partial charge in [0.15, 0.2) is 5.82 Å². The predicted molar refractivity (Wildman–Crippen MR) is 115 cm³/mol. The maximum atomic E-state index is 12.3. The van der Waals surface area contributed by atoms with Crippen molar-refractivity contribution in [2.24, 2.45) is 0 Å². The van der Waals surface area contributed by atoms with Crippen LogP contribution in [-0.4, -0.2) is 26.5 Å². The zero-order chi connectivity index (χ0) is 18.7. The Morgan fingerprint density at radius 3 is 2.42 bits per heavy atom. The van der Waals surface area contributed by atoms with E-state index >= 15 is 0 Å². The highest BCUT2D eigenvalue weighted by Gasteiger charge is 2.15. The number of nitrogen functional groups attached to an aromatic ring is 1. The maximum absolute atomic E-state index is 12.3. The topological polar surface area (TPSA) is 85.8 Å². The van der Waals surface area contributed by atoms with Gasteiger partial charge >= 0.3 is 0 Å². The van der Waals surface area contributed by atoms with E-state index in [0.717, 1.165) is 19.0 Å². The number of anilines is 1. The standard InChI is InChI=1S/C16H12Br3N5OS/c17-10-6-11(18)14(12(19)7-10)21-13(25)8-26-16-23-22-15(24(16)20)9-4-2-1-3-5-9/h1-7H,8,20H2,(H,21,25). The minimum absolute atomic E-state index is 0.152. The zero-order valence-corrected chi connectivity index (χ0v) is 18.7. The monoisotopic (exact) mass is 559 g/mol. The van der Waals surface area contributed by atoms with Crippen molar-refractivity contribution >= 4 is 71.1 Å². The highest BCUT2D eigenvalue weighted by Crippen LogP contribution is 2.34. The normalized spacial score (nSPS) is 10.7. The van der Waals surface area contributed by atoms with Crippen LogP contribution in [0.3, 0.4) is 0 Å². The molecule has 6 nitrogen and oxygen atoms in total. The second-order valence-electron chi connectivity index (χ2n) is 5.12. The number of thioether (sulfide) groups is 1. The molecule has 3 rings (SSSR count). The highest BCUT2D eigenvalue weighted by atomic mass is 79.9. The fourth-order valence-electron chi connectivity index (χ4n) is 2.13. The van der Waals surface area contributed by atoms with Gasteiger partial charge < -0.3 is 11.2 Å². The molecule has 0 atom stereocenters. The van der Waals surface area contributed by atoms with Gasteiger partial charge in [-0.25, -0.2) is 4.68 Å². The summed E-state index contributed by atoms with van der Waals surface area (Å²) >= 11 is 11.5. The number of rotatable bonds is 5. The molecule has 0 saturated carbocycles. The molecule has 0 aliphatic rings. The van der Waals surface area contributed by atoms with Crippen molar-refractivity contribution in [3.05, 3.63) is 55.9 Å². The molecule has 0 saturated heterocycles. The fourth-order valence-corrected chi connectivity index (χ4v) is 5.24. The van der Waals surface area contributed by atoms with Crippen molar-refractivity contribution in [2.75, 3.05) is 16.9 Å². The summed E-state index contributed by atoms with van der Waals surface area (Å²) in [6.07, 6.45) is 0. The number of carbonyl (C=O) groups excluding carboxylic acids is 1. The van der Waals surface area contributed by atoms with Crippen molar-refractivity contribution in [1.29, 1.82) is 0 Å². The minimum atomic E-state index is -0.178. The van der Waals surface area contributed by atoms with Crippen LogP contribution in [0, 0.1) is 0 Å². The molecule has 0 bridgehead atoms. The fraction of sp³-hybridized carbons (Fsp3) is 0.0625. The van der Waals surface area contributed by atoms with Gasteiger partial charge in [-0.15, -0.1) is 10.2 Å². The van der Waals surface area contributed by atoms with Crippen LogP contribution < -0.4 is 11.2 Å². The molecule has 2 aromatic carbocycles. The first kappa shape index (κ1) is 19.4. The third-order valence-corrected chi connectivity index (χ3v) is 5.95. The zero-order valence-electron chi connectivity index (χ0n) is 13.1. The first-order chi connectivity index (χ1) is 12.5. The van der Waals surface area contributed by atoms with Gasteiger partial charge in [0, 0.05) is 19.0 Å². The molecule has 3 N–H and O–H groups in total. The van der Waals surface area contributed by atoms with Crippen LogP contribution in [0.5, 0.6) is 0 Å². The lowest BCUT2D eigenvalue weighted by Crippen LogP contribution is -2.17. The Morgan fingerprint density at radius 1 is 1.12 bits per heavy atom. The van der Waals surface area contributed by atoms with Gasteiger partial charge in [0.25, 0.3) is 0 Å². The average molecular weight is 562 g/mol. The number of benzene rings is 2. The van der Waals surface area contributed by atoms with Crippen LogP contribution >= 0.6 is 59.6 Å². The predicted octanol–water partition coefficient (Wildman–Crippen LogP) is 4.68. The third kappa shape index (κ3) is 4.48. The molecule has 10 heteroatoms. The lowest BCUT2D eigenvalue weighted by atomic mass is 10.2. The van der Waals surface area contributed by atoms with Crippen LogP contribution in [0.2, 0.25) is 0 Å². The van der Waals surface area contributed by atoms with E-state index < -0.39 is 0 Å². The Balaban J connectivity index is 1.67. The molecule has 1 amide bonds. The molecule has 0 spiro atoms. The van der Waals surface area contributed by atoms with E-state index in [4.69, 9.17) is 5.84 Å². The largest absolute Gasteiger partial charge is 0.335 e. The molecule has 1 heterocycles. The lowest BCUT2D eigenvalue weighted by molar-refractivity contribution is -0.113. The van der Waals surface area contributed by atoms with E-state index in [0.29, 0.717) is 16.7 Å². The molecular formula is C16H12Br3N5OS. The van der Waals surface area contributed by atoms with Crippen LogP contribution in [0.4, 0.5) is 5.69 Å². The van der Waals surface area contributed by atoms with Crippen LogP contribution in [0.1, 0.15) is 0 Å². The van der Waals surface area contributed by atoms with Gasteiger partial charge in [-0.3, -0.25) is 4.79 Å². The summed E-state index contributed by atoms with van der Waals surface area (Å²) in [7, 11) is 0. The maximum Gasteiger partial charge on any atom is 0.234 e. The Morgan fingerprint density at radius 2 is 1.77 bits per heavy atom. The Kier molecular flexibility index (Phi) is 6.38. The number of nitrogens with one attached hydrogen (secondary N) is 1. The van der Waals surface area contributed by atoms with E-state index in [1.54, 1.807) is 0 Å². The summed E-state index contributed by atoms with van der Waals surface area (Å²) in [5.74, 6) is 6.58. The molecule has 0 unspecified atom stereocenters. The summed E-state index contributed by atoms with van der Waals surface area (Å²) in [6.45, 7) is 0. The number of nitrogens with two attached hydrogens (primary N) is 1. The number of hydrogen-bond donors (Lipinski definition) is 2. The average Bonchev–Trinajstić information content (AvgIpc) is 2.98.